The number of rotatable bonds is 3. The van der Waals surface area contributed by atoms with Gasteiger partial charge < -0.3 is 14.5 Å². The quantitative estimate of drug-likeness (QED) is 0.812. The summed E-state index contributed by atoms with van der Waals surface area (Å²) in [4.78, 5) is 8.74. The molecular weight excluding hydrogens is 240 g/mol. The van der Waals surface area contributed by atoms with Crippen molar-refractivity contribution in [2.24, 2.45) is 0 Å². The molecule has 1 aromatic heterocycles. The maximum Gasteiger partial charge on any atom is 0.145 e. The summed E-state index contributed by atoms with van der Waals surface area (Å²) in [6.45, 7) is 5.15. The molecule has 0 radical (unpaired) electrons. The average molecular weight is 260 g/mol. The van der Waals surface area contributed by atoms with E-state index in [0.29, 0.717) is 12.3 Å². The molecule has 0 N–H and O–H groups in total. The summed E-state index contributed by atoms with van der Waals surface area (Å²) in [6, 6.07) is 6.08. The van der Waals surface area contributed by atoms with E-state index >= 15 is 0 Å². The lowest BCUT2D eigenvalue weighted by molar-refractivity contribution is 0.0245. The second-order valence-corrected chi connectivity index (χ2v) is 5.15. The largest absolute Gasteiger partial charge is 0.373 e. The lowest BCUT2D eigenvalue weighted by Crippen LogP contribution is -2.46. The molecular formula is C14H20N4O. The van der Waals surface area contributed by atoms with E-state index < -0.39 is 0 Å². The minimum absolute atomic E-state index is 0.192. The fourth-order valence-electron chi connectivity index (χ4n) is 2.25. The number of anilines is 1. The van der Waals surface area contributed by atoms with Crippen molar-refractivity contribution < 1.29 is 4.74 Å². The van der Waals surface area contributed by atoms with Crippen LogP contribution in [0.25, 0.3) is 0 Å². The van der Waals surface area contributed by atoms with E-state index in [1.54, 1.807) is 0 Å². The average Bonchev–Trinajstić information content (AvgIpc) is 2.39. The summed E-state index contributed by atoms with van der Waals surface area (Å²) in [6.07, 6.45) is 0.192. The van der Waals surface area contributed by atoms with E-state index in [1.807, 2.05) is 33.2 Å². The number of ether oxygens (including phenoxy) is 1. The maximum atomic E-state index is 9.05. The van der Waals surface area contributed by atoms with Crippen LogP contribution in [0.1, 0.15) is 11.3 Å². The Morgan fingerprint density at radius 2 is 2.32 bits per heavy atom. The number of hydrogen-bond donors (Lipinski definition) is 0. The molecule has 19 heavy (non-hydrogen) atoms. The van der Waals surface area contributed by atoms with Gasteiger partial charge in [0.15, 0.2) is 0 Å². The number of aromatic nitrogens is 1. The Morgan fingerprint density at radius 3 is 3.00 bits per heavy atom. The Kier molecular flexibility index (Phi) is 4.35. The Bertz CT molecular complexity index is 481. The molecule has 0 aliphatic carbocycles. The zero-order valence-corrected chi connectivity index (χ0v) is 11.8. The number of nitriles is 1. The Hall–Kier alpha value is -1.64. The van der Waals surface area contributed by atoms with Gasteiger partial charge in [-0.25, -0.2) is 4.98 Å². The van der Waals surface area contributed by atoms with Crippen molar-refractivity contribution >= 4 is 5.82 Å². The first-order valence-corrected chi connectivity index (χ1v) is 6.49. The smallest absolute Gasteiger partial charge is 0.145 e. The highest BCUT2D eigenvalue weighted by atomic mass is 16.5. The van der Waals surface area contributed by atoms with E-state index in [0.717, 1.165) is 31.0 Å². The third kappa shape index (κ3) is 3.43. The van der Waals surface area contributed by atoms with Crippen molar-refractivity contribution in [2.45, 2.75) is 13.0 Å². The molecule has 1 aromatic rings. The van der Waals surface area contributed by atoms with Gasteiger partial charge in [-0.1, -0.05) is 6.07 Å². The second-order valence-electron chi connectivity index (χ2n) is 5.15. The molecule has 0 aromatic carbocycles. The number of likely N-dealkylation sites (N-methyl/N-ethyl adjacent to an activating group) is 1. The summed E-state index contributed by atoms with van der Waals surface area (Å²) < 4.78 is 5.74. The van der Waals surface area contributed by atoms with Gasteiger partial charge in [0.05, 0.1) is 12.7 Å². The molecule has 2 rings (SSSR count). The maximum absolute atomic E-state index is 9.05. The number of pyridine rings is 1. The van der Waals surface area contributed by atoms with E-state index in [1.165, 1.54) is 0 Å². The standard InChI is InChI=1S/C14H20N4O/c1-11-4-5-14(16-13(11)8-15)18-6-7-19-12(10-18)9-17(2)3/h4-5,12H,6-7,9-10H2,1-3H3. The van der Waals surface area contributed by atoms with Gasteiger partial charge in [0.1, 0.15) is 17.6 Å². The van der Waals surface area contributed by atoms with Gasteiger partial charge in [-0.05, 0) is 32.6 Å². The van der Waals surface area contributed by atoms with E-state index in [-0.39, 0.29) is 6.10 Å². The Morgan fingerprint density at radius 1 is 1.53 bits per heavy atom. The zero-order valence-electron chi connectivity index (χ0n) is 11.8. The highest BCUT2D eigenvalue weighted by Crippen LogP contribution is 2.17. The zero-order chi connectivity index (χ0) is 13.8. The topological polar surface area (TPSA) is 52.4 Å². The fourth-order valence-corrected chi connectivity index (χ4v) is 2.25. The van der Waals surface area contributed by atoms with Crippen LogP contribution < -0.4 is 4.90 Å². The van der Waals surface area contributed by atoms with Gasteiger partial charge in [-0.3, -0.25) is 0 Å². The number of aryl methyl sites for hydroxylation is 1. The molecule has 0 spiro atoms. The molecule has 5 nitrogen and oxygen atoms in total. The molecule has 1 saturated heterocycles. The van der Waals surface area contributed by atoms with Gasteiger partial charge >= 0.3 is 0 Å². The van der Waals surface area contributed by atoms with E-state index in [2.05, 4.69) is 20.9 Å². The van der Waals surface area contributed by atoms with Crippen molar-refractivity contribution in [2.75, 3.05) is 45.2 Å². The first-order valence-electron chi connectivity index (χ1n) is 6.49. The van der Waals surface area contributed by atoms with Crippen LogP contribution in [0, 0.1) is 18.3 Å². The van der Waals surface area contributed by atoms with Crippen LogP contribution >= 0.6 is 0 Å². The molecule has 1 aliphatic heterocycles. The van der Waals surface area contributed by atoms with E-state index in [4.69, 9.17) is 10.00 Å². The Labute approximate surface area is 114 Å². The molecule has 1 atom stereocenters. The summed E-state index contributed by atoms with van der Waals surface area (Å²) in [5.41, 5.74) is 1.43. The van der Waals surface area contributed by atoms with Crippen molar-refractivity contribution in [1.29, 1.82) is 5.26 Å². The molecule has 1 aliphatic rings. The summed E-state index contributed by atoms with van der Waals surface area (Å²) >= 11 is 0. The van der Waals surface area contributed by atoms with Gasteiger partial charge in [0.25, 0.3) is 0 Å². The van der Waals surface area contributed by atoms with Crippen LogP contribution in [0.5, 0.6) is 0 Å². The van der Waals surface area contributed by atoms with Crippen LogP contribution in [0.3, 0.4) is 0 Å². The molecule has 0 bridgehead atoms. The summed E-state index contributed by atoms with van der Waals surface area (Å²) in [7, 11) is 4.08. The first-order chi connectivity index (χ1) is 9.10. The fraction of sp³-hybridized carbons (Fsp3) is 0.571. The molecule has 2 heterocycles. The summed E-state index contributed by atoms with van der Waals surface area (Å²) in [5.74, 6) is 0.870. The minimum Gasteiger partial charge on any atom is -0.373 e. The third-order valence-electron chi connectivity index (χ3n) is 3.22. The van der Waals surface area contributed by atoms with Gasteiger partial charge in [0, 0.05) is 19.6 Å². The van der Waals surface area contributed by atoms with E-state index in [9.17, 15) is 0 Å². The minimum atomic E-state index is 0.192. The van der Waals surface area contributed by atoms with Gasteiger partial charge in [0.2, 0.25) is 0 Å². The number of morpholine rings is 1. The lowest BCUT2D eigenvalue weighted by Gasteiger charge is -2.35. The van der Waals surface area contributed by atoms with Gasteiger partial charge in [-0.15, -0.1) is 0 Å². The van der Waals surface area contributed by atoms with Crippen molar-refractivity contribution in [1.82, 2.24) is 9.88 Å². The number of hydrogen-bond acceptors (Lipinski definition) is 5. The predicted octanol–water partition coefficient (Wildman–Crippen LogP) is 1.03. The monoisotopic (exact) mass is 260 g/mol. The van der Waals surface area contributed by atoms with Gasteiger partial charge in [-0.2, -0.15) is 5.26 Å². The Balaban J connectivity index is 2.11. The van der Waals surface area contributed by atoms with Crippen LogP contribution in [-0.4, -0.2) is 56.3 Å². The van der Waals surface area contributed by atoms with Crippen molar-refractivity contribution in [3.8, 4) is 6.07 Å². The van der Waals surface area contributed by atoms with Crippen molar-refractivity contribution in [3.63, 3.8) is 0 Å². The predicted molar refractivity (Wildman–Crippen MR) is 74.2 cm³/mol. The second kappa shape index (κ2) is 6.00. The van der Waals surface area contributed by atoms with Crippen molar-refractivity contribution in [3.05, 3.63) is 23.4 Å². The molecule has 1 fully saturated rings. The molecule has 0 amide bonds. The summed E-state index contributed by atoms with van der Waals surface area (Å²) in [5, 5.41) is 9.05. The lowest BCUT2D eigenvalue weighted by atomic mass is 10.2. The highest BCUT2D eigenvalue weighted by Gasteiger charge is 2.22. The SMILES string of the molecule is Cc1ccc(N2CCOC(CN(C)C)C2)nc1C#N. The highest BCUT2D eigenvalue weighted by molar-refractivity contribution is 5.45. The molecule has 0 saturated carbocycles. The van der Waals surface area contributed by atoms with Crippen LogP contribution in [0.2, 0.25) is 0 Å². The number of nitrogens with zero attached hydrogens (tertiary/aromatic N) is 4. The van der Waals surface area contributed by atoms with Crippen LogP contribution in [0.4, 0.5) is 5.82 Å². The first kappa shape index (κ1) is 13.8. The normalized spacial score (nSPS) is 19.5. The molecule has 5 heteroatoms. The van der Waals surface area contributed by atoms with Crippen LogP contribution in [0.15, 0.2) is 12.1 Å². The molecule has 102 valence electrons. The third-order valence-corrected chi connectivity index (χ3v) is 3.22. The molecule has 1 unspecified atom stereocenters. The van der Waals surface area contributed by atoms with Crippen LogP contribution in [-0.2, 0) is 4.74 Å².